The number of hydrogen-bond donors (Lipinski definition) is 2. The van der Waals surface area contributed by atoms with Crippen LogP contribution in [0.2, 0.25) is 0 Å². The predicted octanol–water partition coefficient (Wildman–Crippen LogP) is 2.52. The van der Waals surface area contributed by atoms with Crippen LogP contribution in [0.15, 0.2) is 12.2 Å². The van der Waals surface area contributed by atoms with Gasteiger partial charge >= 0.3 is 5.97 Å². The molecule has 0 spiro atoms. The zero-order chi connectivity index (χ0) is 14.1. The molecule has 2 atom stereocenters. The third-order valence-corrected chi connectivity index (χ3v) is 3.01. The van der Waals surface area contributed by atoms with E-state index < -0.39 is 11.9 Å². The molecule has 0 aromatic carbocycles. The number of carbonyl (C=O) groups is 2. The van der Waals surface area contributed by atoms with Crippen molar-refractivity contribution >= 4 is 11.8 Å². The number of hydrogen-bond acceptors (Lipinski definition) is 3. The van der Waals surface area contributed by atoms with Gasteiger partial charge < -0.3 is 10.8 Å². The first kappa shape index (κ1) is 16.8. The normalized spacial score (nSPS) is 13.9. The number of aliphatic carboxylic acids is 1. The summed E-state index contributed by atoms with van der Waals surface area (Å²) in [4.78, 5) is 22.6. The third-order valence-electron chi connectivity index (χ3n) is 3.01. The van der Waals surface area contributed by atoms with Gasteiger partial charge in [-0.3, -0.25) is 9.59 Å². The number of carboxylic acids is 1. The largest absolute Gasteiger partial charge is 0.481 e. The van der Waals surface area contributed by atoms with Gasteiger partial charge in [0, 0.05) is 6.04 Å². The number of carbonyl (C=O) groups excluding carboxylic acids is 1. The Morgan fingerprint density at radius 3 is 2.22 bits per heavy atom. The molecule has 0 saturated heterocycles. The van der Waals surface area contributed by atoms with E-state index >= 15 is 0 Å². The topological polar surface area (TPSA) is 80.4 Å². The van der Waals surface area contributed by atoms with E-state index in [0.29, 0.717) is 18.4 Å². The van der Waals surface area contributed by atoms with Crippen molar-refractivity contribution in [2.75, 3.05) is 0 Å². The number of rotatable bonds is 10. The standard InChI is InChI=1S/C14H25NO3/c1-4-7-11(15)8-5-6-9-12(14(17)18)13(16)10(2)3/h11-12H,2,4-9,15H2,1,3H3,(H,17,18). The van der Waals surface area contributed by atoms with E-state index in [1.165, 1.54) is 0 Å². The van der Waals surface area contributed by atoms with Crippen LogP contribution in [-0.4, -0.2) is 22.9 Å². The summed E-state index contributed by atoms with van der Waals surface area (Å²) < 4.78 is 0. The highest BCUT2D eigenvalue weighted by molar-refractivity contribution is 6.07. The van der Waals surface area contributed by atoms with Crippen LogP contribution in [0.1, 0.15) is 52.4 Å². The molecule has 0 aromatic heterocycles. The number of unbranched alkanes of at least 4 members (excludes halogenated alkanes) is 1. The summed E-state index contributed by atoms with van der Waals surface area (Å²) in [6, 6.07) is 0.190. The first-order valence-electron chi connectivity index (χ1n) is 6.58. The highest BCUT2D eigenvalue weighted by atomic mass is 16.4. The molecule has 2 unspecified atom stereocenters. The van der Waals surface area contributed by atoms with Crippen molar-refractivity contribution in [3.05, 3.63) is 12.2 Å². The fraction of sp³-hybridized carbons (Fsp3) is 0.714. The maximum absolute atomic E-state index is 11.6. The minimum atomic E-state index is -1.05. The molecular formula is C14H25NO3. The molecule has 0 saturated carbocycles. The zero-order valence-corrected chi connectivity index (χ0v) is 11.4. The summed E-state index contributed by atoms with van der Waals surface area (Å²) in [6.45, 7) is 7.15. The SMILES string of the molecule is C=C(C)C(=O)C(CCCCC(N)CCC)C(=O)O. The second-order valence-corrected chi connectivity index (χ2v) is 4.87. The van der Waals surface area contributed by atoms with Crippen LogP contribution in [0.4, 0.5) is 0 Å². The van der Waals surface area contributed by atoms with E-state index in [1.807, 2.05) is 0 Å². The number of ketones is 1. The molecule has 0 aliphatic carbocycles. The molecular weight excluding hydrogens is 230 g/mol. The lowest BCUT2D eigenvalue weighted by Gasteiger charge is -2.12. The number of Topliss-reactive ketones (excluding diaryl/α,β-unsaturated/α-hetero) is 1. The lowest BCUT2D eigenvalue weighted by Crippen LogP contribution is -2.24. The monoisotopic (exact) mass is 255 g/mol. The van der Waals surface area contributed by atoms with Gasteiger partial charge in [-0.25, -0.2) is 0 Å². The van der Waals surface area contributed by atoms with Crippen LogP contribution >= 0.6 is 0 Å². The maximum Gasteiger partial charge on any atom is 0.314 e. The van der Waals surface area contributed by atoms with Crippen molar-refractivity contribution in [1.82, 2.24) is 0 Å². The van der Waals surface area contributed by atoms with Crippen LogP contribution in [0.5, 0.6) is 0 Å². The van der Waals surface area contributed by atoms with Gasteiger partial charge in [0.05, 0.1) is 0 Å². The van der Waals surface area contributed by atoms with E-state index in [0.717, 1.165) is 25.7 Å². The molecule has 0 amide bonds. The lowest BCUT2D eigenvalue weighted by molar-refractivity contribution is -0.145. The average Bonchev–Trinajstić information content (AvgIpc) is 2.27. The fourth-order valence-corrected chi connectivity index (χ4v) is 1.93. The smallest absolute Gasteiger partial charge is 0.314 e. The Balaban J connectivity index is 4.03. The summed E-state index contributed by atoms with van der Waals surface area (Å²) >= 11 is 0. The van der Waals surface area contributed by atoms with Gasteiger partial charge in [-0.05, 0) is 31.8 Å². The van der Waals surface area contributed by atoms with E-state index in [4.69, 9.17) is 10.8 Å². The summed E-state index contributed by atoms with van der Waals surface area (Å²) in [5.41, 5.74) is 6.18. The molecule has 18 heavy (non-hydrogen) atoms. The van der Waals surface area contributed by atoms with Crippen LogP contribution < -0.4 is 5.73 Å². The van der Waals surface area contributed by atoms with Crippen molar-refractivity contribution in [1.29, 1.82) is 0 Å². The zero-order valence-electron chi connectivity index (χ0n) is 11.4. The molecule has 0 bridgehead atoms. The minimum absolute atomic E-state index is 0.190. The minimum Gasteiger partial charge on any atom is -0.481 e. The lowest BCUT2D eigenvalue weighted by atomic mass is 9.93. The van der Waals surface area contributed by atoms with Gasteiger partial charge in [0.2, 0.25) is 0 Å². The summed E-state index contributed by atoms with van der Waals surface area (Å²) in [7, 11) is 0. The van der Waals surface area contributed by atoms with Gasteiger partial charge in [0.25, 0.3) is 0 Å². The Morgan fingerprint density at radius 1 is 1.22 bits per heavy atom. The van der Waals surface area contributed by atoms with Gasteiger partial charge in [0.1, 0.15) is 5.92 Å². The highest BCUT2D eigenvalue weighted by Gasteiger charge is 2.25. The van der Waals surface area contributed by atoms with Crippen molar-refractivity contribution in [3.63, 3.8) is 0 Å². The predicted molar refractivity (Wildman–Crippen MR) is 72.3 cm³/mol. The number of nitrogens with two attached hydrogens (primary N) is 1. The van der Waals surface area contributed by atoms with Crippen LogP contribution in [0.25, 0.3) is 0 Å². The molecule has 0 aliphatic rings. The summed E-state index contributed by atoms with van der Waals surface area (Å²) in [5.74, 6) is -2.36. The van der Waals surface area contributed by atoms with E-state index in [1.54, 1.807) is 6.92 Å². The molecule has 0 aliphatic heterocycles. The molecule has 0 heterocycles. The Bertz CT molecular complexity index is 299. The van der Waals surface area contributed by atoms with E-state index in [-0.39, 0.29) is 11.8 Å². The number of carboxylic acid groups (broad SMARTS) is 1. The number of allylic oxidation sites excluding steroid dienone is 1. The molecule has 0 radical (unpaired) electrons. The molecule has 0 fully saturated rings. The van der Waals surface area contributed by atoms with Crippen molar-refractivity contribution in [2.24, 2.45) is 11.7 Å². The fourth-order valence-electron chi connectivity index (χ4n) is 1.93. The molecule has 3 N–H and O–H groups in total. The molecule has 0 aromatic rings. The van der Waals surface area contributed by atoms with Crippen LogP contribution in [0.3, 0.4) is 0 Å². The van der Waals surface area contributed by atoms with Crippen LogP contribution in [-0.2, 0) is 9.59 Å². The van der Waals surface area contributed by atoms with Gasteiger partial charge in [0.15, 0.2) is 5.78 Å². The Kier molecular flexibility index (Phi) is 8.29. The molecule has 4 heteroatoms. The first-order valence-corrected chi connectivity index (χ1v) is 6.58. The quantitative estimate of drug-likeness (QED) is 0.357. The van der Waals surface area contributed by atoms with E-state index in [2.05, 4.69) is 13.5 Å². The van der Waals surface area contributed by atoms with Crippen molar-refractivity contribution in [3.8, 4) is 0 Å². The van der Waals surface area contributed by atoms with E-state index in [9.17, 15) is 9.59 Å². The highest BCUT2D eigenvalue weighted by Crippen LogP contribution is 2.16. The van der Waals surface area contributed by atoms with Gasteiger partial charge in [-0.2, -0.15) is 0 Å². The molecule has 0 rings (SSSR count). The second-order valence-electron chi connectivity index (χ2n) is 4.87. The van der Waals surface area contributed by atoms with Crippen molar-refractivity contribution < 1.29 is 14.7 Å². The van der Waals surface area contributed by atoms with Gasteiger partial charge in [-0.1, -0.05) is 32.8 Å². The Labute approximate surface area is 109 Å². The maximum atomic E-state index is 11.6. The molecule has 4 nitrogen and oxygen atoms in total. The third kappa shape index (κ3) is 6.55. The average molecular weight is 255 g/mol. The summed E-state index contributed by atoms with van der Waals surface area (Å²) in [6.07, 6.45) is 4.91. The Morgan fingerprint density at radius 2 is 1.78 bits per heavy atom. The van der Waals surface area contributed by atoms with Gasteiger partial charge in [-0.15, -0.1) is 0 Å². The second kappa shape index (κ2) is 8.86. The first-order chi connectivity index (χ1) is 8.40. The van der Waals surface area contributed by atoms with Crippen molar-refractivity contribution in [2.45, 2.75) is 58.4 Å². The van der Waals surface area contributed by atoms with Crippen LogP contribution in [0, 0.1) is 5.92 Å². The summed E-state index contributed by atoms with van der Waals surface area (Å²) in [5, 5.41) is 9.00. The Hall–Kier alpha value is -1.16. The molecule has 104 valence electrons.